The number of nitrogens with zero attached hydrogens (tertiary/aromatic N) is 3. The normalized spacial score (nSPS) is 25.9. The Balaban J connectivity index is 1.67. The molecule has 1 saturated heterocycles. The van der Waals surface area contributed by atoms with E-state index in [1.54, 1.807) is 0 Å². The number of likely N-dealkylation sites (tertiary alicyclic amines) is 1. The van der Waals surface area contributed by atoms with Gasteiger partial charge in [0.2, 0.25) is 5.91 Å². The van der Waals surface area contributed by atoms with Crippen LogP contribution in [0.15, 0.2) is 12.3 Å². The van der Waals surface area contributed by atoms with Crippen molar-refractivity contribution in [1.29, 1.82) is 0 Å². The zero-order valence-corrected chi connectivity index (χ0v) is 12.4. The molecule has 2 atom stereocenters. The Morgan fingerprint density at radius 1 is 1.23 bits per heavy atom. The van der Waals surface area contributed by atoms with Gasteiger partial charge in [0.1, 0.15) is 6.54 Å². The minimum atomic E-state index is -4.46. The van der Waals surface area contributed by atoms with Crippen LogP contribution in [0.2, 0.25) is 0 Å². The zero-order chi connectivity index (χ0) is 15.7. The summed E-state index contributed by atoms with van der Waals surface area (Å²) in [5.74, 6) is 0.447. The number of rotatable bonds is 2. The topological polar surface area (TPSA) is 38.1 Å². The molecule has 22 heavy (non-hydrogen) atoms. The fourth-order valence-electron chi connectivity index (χ4n) is 3.76. The first-order chi connectivity index (χ1) is 10.4. The summed E-state index contributed by atoms with van der Waals surface area (Å²) < 4.78 is 38.7. The summed E-state index contributed by atoms with van der Waals surface area (Å²) in [5.41, 5.74) is -0.950. The second-order valence-electron chi connectivity index (χ2n) is 6.24. The lowest BCUT2D eigenvalue weighted by atomic mass is 9.78. The summed E-state index contributed by atoms with van der Waals surface area (Å²) >= 11 is 0. The molecule has 7 heteroatoms. The Bertz CT molecular complexity index is 538. The highest BCUT2D eigenvalue weighted by molar-refractivity contribution is 5.76. The van der Waals surface area contributed by atoms with E-state index in [0.29, 0.717) is 12.5 Å². The first kappa shape index (κ1) is 15.4. The number of piperidine rings is 1. The lowest BCUT2D eigenvalue weighted by Crippen LogP contribution is -2.50. The van der Waals surface area contributed by atoms with Crippen molar-refractivity contribution in [2.24, 2.45) is 5.92 Å². The molecule has 2 unspecified atom stereocenters. The first-order valence-corrected chi connectivity index (χ1v) is 7.85. The minimum Gasteiger partial charge on any atom is -0.338 e. The number of halogens is 3. The van der Waals surface area contributed by atoms with Crippen molar-refractivity contribution in [3.63, 3.8) is 0 Å². The largest absolute Gasteiger partial charge is 0.435 e. The van der Waals surface area contributed by atoms with E-state index in [0.717, 1.165) is 42.9 Å². The van der Waals surface area contributed by atoms with E-state index in [4.69, 9.17) is 0 Å². The Labute approximate surface area is 127 Å². The molecule has 2 aliphatic rings. The van der Waals surface area contributed by atoms with Crippen LogP contribution < -0.4 is 0 Å². The summed E-state index contributed by atoms with van der Waals surface area (Å²) in [4.78, 5) is 14.3. The van der Waals surface area contributed by atoms with Crippen molar-refractivity contribution < 1.29 is 18.0 Å². The second kappa shape index (κ2) is 5.93. The first-order valence-electron chi connectivity index (χ1n) is 7.85. The fourth-order valence-corrected chi connectivity index (χ4v) is 3.76. The molecule has 1 aliphatic heterocycles. The molecule has 0 aromatic carbocycles. The number of carbonyl (C=O) groups excluding carboxylic acids is 1. The summed E-state index contributed by atoms with van der Waals surface area (Å²) in [7, 11) is 0. The molecule has 1 aromatic rings. The van der Waals surface area contributed by atoms with Gasteiger partial charge in [0.15, 0.2) is 5.69 Å². The van der Waals surface area contributed by atoms with Gasteiger partial charge in [-0.2, -0.15) is 18.3 Å². The summed E-state index contributed by atoms with van der Waals surface area (Å²) in [5, 5.41) is 3.46. The molecule has 0 spiro atoms. The SMILES string of the molecule is O=C(Cn1ccc(C(F)(F)F)n1)N1CCCC2CCCCC21. The molecule has 1 saturated carbocycles. The number of carbonyl (C=O) groups is 1. The number of alkyl halides is 3. The third-order valence-corrected chi connectivity index (χ3v) is 4.79. The van der Waals surface area contributed by atoms with Gasteiger partial charge in [-0.05, 0) is 37.7 Å². The molecule has 2 fully saturated rings. The van der Waals surface area contributed by atoms with Crippen LogP contribution >= 0.6 is 0 Å². The van der Waals surface area contributed by atoms with Gasteiger partial charge >= 0.3 is 6.18 Å². The highest BCUT2D eigenvalue weighted by Gasteiger charge is 2.36. The van der Waals surface area contributed by atoms with Crippen LogP contribution in [0.4, 0.5) is 13.2 Å². The second-order valence-corrected chi connectivity index (χ2v) is 6.24. The molecule has 1 aromatic heterocycles. The van der Waals surface area contributed by atoms with E-state index < -0.39 is 11.9 Å². The van der Waals surface area contributed by atoms with Crippen LogP contribution in [0.3, 0.4) is 0 Å². The molecule has 3 rings (SSSR count). The van der Waals surface area contributed by atoms with Gasteiger partial charge in [0, 0.05) is 18.8 Å². The average Bonchev–Trinajstić information content (AvgIpc) is 2.95. The monoisotopic (exact) mass is 315 g/mol. The molecular formula is C15H20F3N3O. The zero-order valence-electron chi connectivity index (χ0n) is 12.4. The van der Waals surface area contributed by atoms with Crippen LogP contribution in [0.5, 0.6) is 0 Å². The number of amides is 1. The van der Waals surface area contributed by atoms with Gasteiger partial charge in [-0.3, -0.25) is 9.48 Å². The Morgan fingerprint density at radius 2 is 1.95 bits per heavy atom. The van der Waals surface area contributed by atoms with Crippen molar-refractivity contribution in [2.75, 3.05) is 6.54 Å². The van der Waals surface area contributed by atoms with Crippen molar-refractivity contribution >= 4 is 5.91 Å². The third-order valence-electron chi connectivity index (χ3n) is 4.79. The molecule has 0 radical (unpaired) electrons. The highest BCUT2D eigenvalue weighted by atomic mass is 19.4. The molecule has 0 bridgehead atoms. The van der Waals surface area contributed by atoms with E-state index in [9.17, 15) is 18.0 Å². The van der Waals surface area contributed by atoms with E-state index in [-0.39, 0.29) is 18.5 Å². The lowest BCUT2D eigenvalue weighted by Gasteiger charge is -2.44. The maximum absolute atomic E-state index is 12.5. The Hall–Kier alpha value is -1.53. The van der Waals surface area contributed by atoms with E-state index in [1.807, 2.05) is 4.90 Å². The quantitative estimate of drug-likeness (QED) is 0.841. The molecular weight excluding hydrogens is 295 g/mol. The summed E-state index contributed by atoms with van der Waals surface area (Å²) in [6, 6.07) is 1.18. The Morgan fingerprint density at radius 3 is 2.68 bits per heavy atom. The van der Waals surface area contributed by atoms with Crippen LogP contribution in [0, 0.1) is 5.92 Å². The van der Waals surface area contributed by atoms with Crippen LogP contribution in [-0.4, -0.2) is 33.2 Å². The van der Waals surface area contributed by atoms with Crippen molar-refractivity contribution in [3.05, 3.63) is 18.0 Å². The summed E-state index contributed by atoms with van der Waals surface area (Å²) in [6.45, 7) is 0.604. The van der Waals surface area contributed by atoms with E-state index in [2.05, 4.69) is 5.10 Å². The fraction of sp³-hybridized carbons (Fsp3) is 0.733. The van der Waals surface area contributed by atoms with Gasteiger partial charge in [0.05, 0.1) is 0 Å². The van der Waals surface area contributed by atoms with Gasteiger partial charge in [-0.1, -0.05) is 12.8 Å². The minimum absolute atomic E-state index is 0.112. The maximum Gasteiger partial charge on any atom is 0.435 e. The van der Waals surface area contributed by atoms with E-state index >= 15 is 0 Å². The molecule has 122 valence electrons. The highest BCUT2D eigenvalue weighted by Crippen LogP contribution is 2.35. The predicted molar refractivity (Wildman–Crippen MR) is 73.9 cm³/mol. The van der Waals surface area contributed by atoms with Crippen LogP contribution in [0.25, 0.3) is 0 Å². The number of hydrogen-bond acceptors (Lipinski definition) is 2. The molecule has 4 nitrogen and oxygen atoms in total. The van der Waals surface area contributed by atoms with Crippen molar-refractivity contribution in [2.45, 2.75) is 57.3 Å². The number of fused-ring (bicyclic) bond motifs is 1. The predicted octanol–water partition coefficient (Wildman–Crippen LogP) is 3.08. The molecule has 0 N–H and O–H groups in total. The summed E-state index contributed by atoms with van der Waals surface area (Å²) in [6.07, 6.45) is 3.44. The third kappa shape index (κ3) is 3.13. The van der Waals surface area contributed by atoms with Crippen LogP contribution in [0.1, 0.15) is 44.2 Å². The van der Waals surface area contributed by atoms with Gasteiger partial charge < -0.3 is 4.90 Å². The number of hydrogen-bond donors (Lipinski definition) is 0. The maximum atomic E-state index is 12.5. The smallest absolute Gasteiger partial charge is 0.338 e. The standard InChI is InChI=1S/C15H20F3N3O/c16-15(17,18)13-7-9-20(19-13)10-14(22)21-8-3-5-11-4-1-2-6-12(11)21/h7,9,11-12H,1-6,8,10H2. The Kier molecular flexibility index (Phi) is 4.14. The molecule has 1 amide bonds. The van der Waals surface area contributed by atoms with Gasteiger partial charge in [-0.25, -0.2) is 0 Å². The number of aromatic nitrogens is 2. The van der Waals surface area contributed by atoms with Gasteiger partial charge in [0.25, 0.3) is 0 Å². The van der Waals surface area contributed by atoms with Crippen LogP contribution in [-0.2, 0) is 17.5 Å². The molecule has 1 aliphatic carbocycles. The molecule has 2 heterocycles. The van der Waals surface area contributed by atoms with Crippen molar-refractivity contribution in [1.82, 2.24) is 14.7 Å². The van der Waals surface area contributed by atoms with E-state index in [1.165, 1.54) is 12.6 Å². The lowest BCUT2D eigenvalue weighted by molar-refractivity contribution is -0.143. The van der Waals surface area contributed by atoms with Gasteiger partial charge in [-0.15, -0.1) is 0 Å². The van der Waals surface area contributed by atoms with Crippen molar-refractivity contribution in [3.8, 4) is 0 Å². The average molecular weight is 315 g/mol.